The van der Waals surface area contributed by atoms with Gasteiger partial charge in [-0.1, -0.05) is 0 Å². The number of carbonyl (C=O) groups excluding carboxylic acids is 1. The molecule has 0 aliphatic heterocycles. The molecule has 0 radical (unpaired) electrons. The minimum absolute atomic E-state index is 0.0270. The number of ether oxygens (including phenoxy) is 2. The molecule has 0 heterocycles. The predicted octanol–water partition coefficient (Wildman–Crippen LogP) is 1.59. The summed E-state index contributed by atoms with van der Waals surface area (Å²) in [5.74, 6) is 0.878. The second-order valence-electron chi connectivity index (χ2n) is 4.88. The van der Waals surface area contributed by atoms with E-state index in [9.17, 15) is 4.79 Å². The van der Waals surface area contributed by atoms with Gasteiger partial charge in [-0.15, -0.1) is 0 Å². The molecule has 0 spiro atoms. The van der Waals surface area contributed by atoms with Crippen LogP contribution in [0.4, 0.5) is 0 Å². The van der Waals surface area contributed by atoms with Crippen molar-refractivity contribution in [2.24, 2.45) is 0 Å². The van der Waals surface area contributed by atoms with Crippen molar-refractivity contribution in [2.45, 2.75) is 25.8 Å². The number of aliphatic hydroxyl groups excluding tert-OH is 1. The Labute approximate surface area is 113 Å². The summed E-state index contributed by atoms with van der Waals surface area (Å²) >= 11 is 0. The van der Waals surface area contributed by atoms with Gasteiger partial charge < -0.3 is 19.9 Å². The zero-order chi connectivity index (χ0) is 14.5. The maximum absolute atomic E-state index is 12.1. The lowest BCUT2D eigenvalue weighted by molar-refractivity contribution is 0.0899. The molecule has 0 saturated carbocycles. The fourth-order valence-corrected chi connectivity index (χ4v) is 1.70. The van der Waals surface area contributed by atoms with E-state index < -0.39 is 5.54 Å². The molecule has 0 saturated heterocycles. The van der Waals surface area contributed by atoms with E-state index in [0.717, 1.165) is 0 Å². The van der Waals surface area contributed by atoms with Gasteiger partial charge in [-0.3, -0.25) is 4.79 Å². The average Bonchev–Trinajstić information content (AvgIpc) is 2.37. The van der Waals surface area contributed by atoms with Crippen LogP contribution in [0.2, 0.25) is 0 Å². The third kappa shape index (κ3) is 4.13. The van der Waals surface area contributed by atoms with Gasteiger partial charge in [0.15, 0.2) is 11.5 Å². The average molecular weight is 267 g/mol. The Morgan fingerprint density at radius 1 is 1.26 bits per heavy atom. The monoisotopic (exact) mass is 267 g/mol. The Kier molecular flexibility index (Phi) is 5.18. The number of aliphatic hydroxyl groups is 1. The molecule has 0 aliphatic carbocycles. The second kappa shape index (κ2) is 6.43. The maximum Gasteiger partial charge on any atom is 0.251 e. The van der Waals surface area contributed by atoms with Crippen LogP contribution in [-0.4, -0.2) is 37.4 Å². The van der Waals surface area contributed by atoms with Crippen LogP contribution in [0.5, 0.6) is 11.5 Å². The molecule has 1 amide bonds. The Morgan fingerprint density at radius 2 is 1.89 bits per heavy atom. The minimum atomic E-state index is -0.459. The van der Waals surface area contributed by atoms with Crippen LogP contribution in [0, 0.1) is 0 Å². The molecule has 2 N–H and O–H groups in total. The zero-order valence-electron chi connectivity index (χ0n) is 11.8. The van der Waals surface area contributed by atoms with Crippen LogP contribution >= 0.6 is 0 Å². The topological polar surface area (TPSA) is 67.8 Å². The fourth-order valence-electron chi connectivity index (χ4n) is 1.70. The summed E-state index contributed by atoms with van der Waals surface area (Å²) in [6, 6.07) is 4.99. The molecule has 0 aliphatic rings. The van der Waals surface area contributed by atoms with E-state index in [1.807, 2.05) is 13.8 Å². The molecule has 5 heteroatoms. The van der Waals surface area contributed by atoms with Crippen molar-refractivity contribution in [1.29, 1.82) is 0 Å². The Morgan fingerprint density at radius 3 is 2.42 bits per heavy atom. The second-order valence-corrected chi connectivity index (χ2v) is 4.88. The molecule has 0 bridgehead atoms. The van der Waals surface area contributed by atoms with Gasteiger partial charge in [0.05, 0.1) is 14.2 Å². The molecule has 0 atom stereocenters. The molecule has 1 rings (SSSR count). The molecular weight excluding hydrogens is 246 g/mol. The van der Waals surface area contributed by atoms with Gasteiger partial charge in [-0.2, -0.15) is 0 Å². The van der Waals surface area contributed by atoms with Crippen molar-refractivity contribution < 1.29 is 19.4 Å². The van der Waals surface area contributed by atoms with Gasteiger partial charge in [-0.25, -0.2) is 0 Å². The summed E-state index contributed by atoms with van der Waals surface area (Å²) in [6.45, 7) is 3.75. The molecule has 106 valence electrons. The lowest BCUT2D eigenvalue weighted by Crippen LogP contribution is -2.44. The molecule has 0 aromatic heterocycles. The van der Waals surface area contributed by atoms with Gasteiger partial charge in [0, 0.05) is 17.7 Å². The highest BCUT2D eigenvalue weighted by Gasteiger charge is 2.21. The van der Waals surface area contributed by atoms with Crippen LogP contribution < -0.4 is 14.8 Å². The number of hydrogen-bond donors (Lipinski definition) is 2. The largest absolute Gasteiger partial charge is 0.493 e. The zero-order valence-corrected chi connectivity index (χ0v) is 11.8. The van der Waals surface area contributed by atoms with Crippen LogP contribution in [0.25, 0.3) is 0 Å². The number of nitrogens with one attached hydrogen (secondary N) is 1. The highest BCUT2D eigenvalue weighted by atomic mass is 16.5. The lowest BCUT2D eigenvalue weighted by atomic mass is 10.0. The van der Waals surface area contributed by atoms with Crippen molar-refractivity contribution in [3.8, 4) is 11.5 Å². The van der Waals surface area contributed by atoms with Crippen molar-refractivity contribution in [1.82, 2.24) is 5.32 Å². The van der Waals surface area contributed by atoms with E-state index in [1.54, 1.807) is 25.3 Å². The van der Waals surface area contributed by atoms with Gasteiger partial charge in [0.1, 0.15) is 0 Å². The van der Waals surface area contributed by atoms with Crippen LogP contribution in [0.3, 0.4) is 0 Å². The van der Waals surface area contributed by atoms with Gasteiger partial charge >= 0.3 is 0 Å². The van der Waals surface area contributed by atoms with Crippen LogP contribution in [0.1, 0.15) is 30.6 Å². The lowest BCUT2D eigenvalue weighted by Gasteiger charge is -2.25. The smallest absolute Gasteiger partial charge is 0.251 e. The quantitative estimate of drug-likeness (QED) is 0.821. The number of benzene rings is 1. The first kappa shape index (κ1) is 15.3. The van der Waals surface area contributed by atoms with E-state index in [0.29, 0.717) is 23.5 Å². The fraction of sp³-hybridized carbons (Fsp3) is 0.500. The van der Waals surface area contributed by atoms with Gasteiger partial charge in [-0.05, 0) is 38.5 Å². The molecule has 5 nitrogen and oxygen atoms in total. The molecule has 1 aromatic rings. The Bertz CT molecular complexity index is 443. The number of rotatable bonds is 6. The Hall–Kier alpha value is -1.75. The predicted molar refractivity (Wildman–Crippen MR) is 72.8 cm³/mol. The standard InChI is InChI=1S/C14H21NO4/c1-14(2,7-8-16)15-13(17)10-5-6-11(18-3)12(9-10)19-4/h5-6,9,16H,7-8H2,1-4H3,(H,15,17). The third-order valence-electron chi connectivity index (χ3n) is 2.83. The van der Waals surface area contributed by atoms with E-state index in [-0.39, 0.29) is 12.5 Å². The van der Waals surface area contributed by atoms with Crippen molar-refractivity contribution in [3.05, 3.63) is 23.8 Å². The van der Waals surface area contributed by atoms with E-state index in [2.05, 4.69) is 5.32 Å². The summed E-state index contributed by atoms with van der Waals surface area (Å²) in [5.41, 5.74) is 0.0302. The SMILES string of the molecule is COc1ccc(C(=O)NC(C)(C)CCO)cc1OC. The third-order valence-corrected chi connectivity index (χ3v) is 2.83. The summed E-state index contributed by atoms with van der Waals surface area (Å²) < 4.78 is 10.3. The minimum Gasteiger partial charge on any atom is -0.493 e. The Balaban J connectivity index is 2.88. The summed E-state index contributed by atoms with van der Waals surface area (Å²) in [7, 11) is 3.07. The molecule has 19 heavy (non-hydrogen) atoms. The number of hydrogen-bond acceptors (Lipinski definition) is 4. The van der Waals surface area contributed by atoms with E-state index in [1.165, 1.54) is 7.11 Å². The summed E-state index contributed by atoms with van der Waals surface area (Å²) in [4.78, 5) is 12.1. The first-order valence-electron chi connectivity index (χ1n) is 6.09. The normalized spacial score (nSPS) is 11.0. The number of amides is 1. The molecule has 0 fully saturated rings. The highest BCUT2D eigenvalue weighted by molar-refractivity contribution is 5.95. The van der Waals surface area contributed by atoms with Crippen molar-refractivity contribution in [3.63, 3.8) is 0 Å². The molecule has 0 unspecified atom stereocenters. The maximum atomic E-state index is 12.1. The number of methoxy groups -OCH3 is 2. The summed E-state index contributed by atoms with van der Waals surface area (Å²) in [6.07, 6.45) is 0.492. The highest BCUT2D eigenvalue weighted by Crippen LogP contribution is 2.27. The van der Waals surface area contributed by atoms with E-state index >= 15 is 0 Å². The van der Waals surface area contributed by atoms with Crippen LogP contribution in [0.15, 0.2) is 18.2 Å². The van der Waals surface area contributed by atoms with E-state index in [4.69, 9.17) is 14.6 Å². The first-order valence-corrected chi connectivity index (χ1v) is 6.09. The van der Waals surface area contributed by atoms with Crippen molar-refractivity contribution >= 4 is 5.91 Å². The molecule has 1 aromatic carbocycles. The van der Waals surface area contributed by atoms with Crippen molar-refractivity contribution in [2.75, 3.05) is 20.8 Å². The van der Waals surface area contributed by atoms with Crippen LogP contribution in [-0.2, 0) is 0 Å². The first-order chi connectivity index (χ1) is 8.93. The number of carbonyl (C=O) groups is 1. The van der Waals surface area contributed by atoms with Gasteiger partial charge in [0.25, 0.3) is 5.91 Å². The van der Waals surface area contributed by atoms with Gasteiger partial charge in [0.2, 0.25) is 0 Å². The molecular formula is C14H21NO4. The summed E-state index contributed by atoms with van der Waals surface area (Å²) in [5, 5.41) is 11.8.